The predicted octanol–water partition coefficient (Wildman–Crippen LogP) is 0.536. The number of para-hydroxylation sites is 1. The third kappa shape index (κ3) is 3.17. The molecule has 1 aromatic carbocycles. The van der Waals surface area contributed by atoms with Crippen LogP contribution in [0.1, 0.15) is 12.8 Å². The molecular weight excluding hydrogens is 280 g/mol. The Hall–Kier alpha value is -1.44. The molecule has 0 aliphatic carbocycles. The van der Waals surface area contributed by atoms with Crippen molar-refractivity contribution >= 4 is 21.4 Å². The molecular formula is C13H18N2O4S. The second-order valence-corrected chi connectivity index (χ2v) is 6.98. The molecule has 2 rings (SSSR count). The molecule has 6 nitrogen and oxygen atoms in total. The van der Waals surface area contributed by atoms with Crippen molar-refractivity contribution in [1.29, 1.82) is 0 Å². The Morgan fingerprint density at radius 1 is 1.30 bits per heavy atom. The van der Waals surface area contributed by atoms with E-state index in [2.05, 4.69) is 5.32 Å². The molecule has 7 heteroatoms. The van der Waals surface area contributed by atoms with Crippen molar-refractivity contribution in [2.24, 2.45) is 5.73 Å². The maximum atomic E-state index is 12.3. The highest BCUT2D eigenvalue weighted by Gasteiger charge is 2.36. The van der Waals surface area contributed by atoms with Crippen LogP contribution >= 0.6 is 0 Å². The lowest BCUT2D eigenvalue weighted by Gasteiger charge is -2.31. The van der Waals surface area contributed by atoms with Gasteiger partial charge in [0.1, 0.15) is 5.54 Å². The number of ether oxygens (including phenoxy) is 1. The first kappa shape index (κ1) is 15.0. The number of anilines is 1. The number of amides is 1. The predicted molar refractivity (Wildman–Crippen MR) is 75.2 cm³/mol. The maximum Gasteiger partial charge on any atom is 0.244 e. The van der Waals surface area contributed by atoms with E-state index in [4.69, 9.17) is 10.5 Å². The quantitative estimate of drug-likeness (QED) is 0.848. The molecule has 1 heterocycles. The third-order valence-corrected chi connectivity index (χ3v) is 4.53. The first-order valence-corrected chi connectivity index (χ1v) is 8.19. The maximum absolute atomic E-state index is 12.3. The summed E-state index contributed by atoms with van der Waals surface area (Å²) in [6, 6.07) is 6.28. The summed E-state index contributed by atoms with van der Waals surface area (Å²) < 4.78 is 28.6. The molecule has 3 N–H and O–H groups in total. The first-order chi connectivity index (χ1) is 9.33. The van der Waals surface area contributed by atoms with Crippen molar-refractivity contribution in [1.82, 2.24) is 0 Å². The van der Waals surface area contributed by atoms with Gasteiger partial charge in [-0.05, 0) is 25.0 Å². The number of nitrogens with one attached hydrogen (secondary N) is 1. The summed E-state index contributed by atoms with van der Waals surface area (Å²) in [7, 11) is -3.41. The van der Waals surface area contributed by atoms with Gasteiger partial charge in [-0.15, -0.1) is 0 Å². The first-order valence-electron chi connectivity index (χ1n) is 6.30. The summed E-state index contributed by atoms with van der Waals surface area (Å²) >= 11 is 0. The number of rotatable bonds is 3. The normalized spacial score (nSPS) is 18.5. The average Bonchev–Trinajstić information content (AvgIpc) is 2.39. The zero-order chi connectivity index (χ0) is 14.8. The van der Waals surface area contributed by atoms with Crippen LogP contribution in [0.4, 0.5) is 5.69 Å². The van der Waals surface area contributed by atoms with E-state index in [1.807, 2.05) is 0 Å². The molecule has 1 aromatic rings. The molecule has 1 saturated heterocycles. The summed E-state index contributed by atoms with van der Waals surface area (Å²) in [5.74, 6) is -0.378. The molecule has 1 fully saturated rings. The van der Waals surface area contributed by atoms with E-state index in [-0.39, 0.29) is 16.5 Å². The summed E-state index contributed by atoms with van der Waals surface area (Å²) in [4.78, 5) is 12.4. The number of hydrogen-bond acceptors (Lipinski definition) is 5. The van der Waals surface area contributed by atoms with Gasteiger partial charge in [-0.2, -0.15) is 0 Å². The molecule has 0 atom stereocenters. The Morgan fingerprint density at radius 2 is 1.90 bits per heavy atom. The minimum Gasteiger partial charge on any atom is -0.381 e. The largest absolute Gasteiger partial charge is 0.381 e. The lowest BCUT2D eigenvalue weighted by Crippen LogP contribution is -2.54. The Morgan fingerprint density at radius 3 is 2.50 bits per heavy atom. The van der Waals surface area contributed by atoms with Crippen LogP contribution in [0.2, 0.25) is 0 Å². The fourth-order valence-electron chi connectivity index (χ4n) is 2.10. The van der Waals surface area contributed by atoms with Gasteiger partial charge in [0.25, 0.3) is 0 Å². The lowest BCUT2D eigenvalue weighted by molar-refractivity contribution is -0.124. The van der Waals surface area contributed by atoms with Gasteiger partial charge < -0.3 is 15.8 Å². The molecule has 0 bridgehead atoms. The van der Waals surface area contributed by atoms with Gasteiger partial charge in [-0.3, -0.25) is 4.79 Å². The zero-order valence-corrected chi connectivity index (χ0v) is 12.1. The standard InChI is InChI=1S/C13H18N2O4S/c1-20(17,18)11-5-3-2-4-10(11)15-12(16)13(14)6-8-19-9-7-13/h2-5H,6-9,14H2,1H3,(H,15,16). The Balaban J connectivity index is 2.24. The highest BCUT2D eigenvalue weighted by atomic mass is 32.2. The zero-order valence-electron chi connectivity index (χ0n) is 11.3. The minimum absolute atomic E-state index is 0.0870. The number of hydrogen-bond donors (Lipinski definition) is 2. The Labute approximate surface area is 118 Å². The van der Waals surface area contributed by atoms with Gasteiger partial charge in [0, 0.05) is 19.5 Å². The number of carbonyl (C=O) groups is 1. The molecule has 0 spiro atoms. The van der Waals surface area contributed by atoms with Crippen molar-refractivity contribution in [2.45, 2.75) is 23.3 Å². The van der Waals surface area contributed by atoms with E-state index < -0.39 is 15.4 Å². The summed E-state index contributed by atoms with van der Waals surface area (Å²) in [5, 5.41) is 2.63. The summed E-state index contributed by atoms with van der Waals surface area (Å²) in [5.41, 5.74) is 5.32. The van der Waals surface area contributed by atoms with Crippen LogP contribution in [0.15, 0.2) is 29.2 Å². The number of carbonyl (C=O) groups excluding carboxylic acids is 1. The smallest absolute Gasteiger partial charge is 0.244 e. The highest BCUT2D eigenvalue weighted by Crippen LogP contribution is 2.24. The molecule has 1 amide bonds. The van der Waals surface area contributed by atoms with Crippen molar-refractivity contribution < 1.29 is 17.9 Å². The number of nitrogens with two attached hydrogens (primary N) is 1. The Kier molecular flexibility index (Phi) is 4.12. The molecule has 0 aromatic heterocycles. The topological polar surface area (TPSA) is 98.5 Å². The van der Waals surface area contributed by atoms with Gasteiger partial charge >= 0.3 is 0 Å². The third-order valence-electron chi connectivity index (χ3n) is 3.37. The monoisotopic (exact) mass is 298 g/mol. The van der Waals surface area contributed by atoms with Crippen LogP contribution in [0.3, 0.4) is 0 Å². The van der Waals surface area contributed by atoms with Gasteiger partial charge in [-0.25, -0.2) is 8.42 Å². The molecule has 0 unspecified atom stereocenters. The van der Waals surface area contributed by atoms with E-state index in [1.54, 1.807) is 18.2 Å². The SMILES string of the molecule is CS(=O)(=O)c1ccccc1NC(=O)C1(N)CCOCC1. The molecule has 0 radical (unpaired) electrons. The van der Waals surface area contributed by atoms with E-state index in [1.165, 1.54) is 6.07 Å². The van der Waals surface area contributed by atoms with Crippen molar-refractivity contribution in [3.63, 3.8) is 0 Å². The second-order valence-electron chi connectivity index (χ2n) is 4.99. The molecule has 110 valence electrons. The Bertz CT molecular complexity index is 607. The average molecular weight is 298 g/mol. The van der Waals surface area contributed by atoms with Crippen LogP contribution in [-0.4, -0.2) is 39.3 Å². The van der Waals surface area contributed by atoms with E-state index in [9.17, 15) is 13.2 Å². The fraction of sp³-hybridized carbons (Fsp3) is 0.462. The van der Waals surface area contributed by atoms with Gasteiger partial charge in [-0.1, -0.05) is 12.1 Å². The van der Waals surface area contributed by atoms with Crippen molar-refractivity contribution in [3.8, 4) is 0 Å². The molecule has 1 aliphatic rings. The van der Waals surface area contributed by atoms with Gasteiger partial charge in [0.05, 0.1) is 10.6 Å². The highest BCUT2D eigenvalue weighted by molar-refractivity contribution is 7.90. The van der Waals surface area contributed by atoms with Gasteiger partial charge in [0.2, 0.25) is 5.91 Å². The van der Waals surface area contributed by atoms with E-state index in [0.717, 1.165) is 6.26 Å². The molecule has 1 aliphatic heterocycles. The van der Waals surface area contributed by atoms with Crippen LogP contribution < -0.4 is 11.1 Å². The summed E-state index contributed by atoms with van der Waals surface area (Å²) in [6.07, 6.45) is 1.93. The fourth-order valence-corrected chi connectivity index (χ4v) is 2.95. The summed E-state index contributed by atoms with van der Waals surface area (Å²) in [6.45, 7) is 0.856. The van der Waals surface area contributed by atoms with Crippen molar-refractivity contribution in [2.75, 3.05) is 24.8 Å². The van der Waals surface area contributed by atoms with E-state index >= 15 is 0 Å². The van der Waals surface area contributed by atoms with Crippen LogP contribution in [0.5, 0.6) is 0 Å². The molecule has 0 saturated carbocycles. The van der Waals surface area contributed by atoms with Crippen molar-refractivity contribution in [3.05, 3.63) is 24.3 Å². The lowest BCUT2D eigenvalue weighted by atomic mass is 9.90. The van der Waals surface area contributed by atoms with Crippen LogP contribution in [0.25, 0.3) is 0 Å². The minimum atomic E-state index is -3.41. The van der Waals surface area contributed by atoms with Crippen LogP contribution in [0, 0.1) is 0 Å². The number of benzene rings is 1. The van der Waals surface area contributed by atoms with Crippen LogP contribution in [-0.2, 0) is 19.4 Å². The van der Waals surface area contributed by atoms with Gasteiger partial charge in [0.15, 0.2) is 9.84 Å². The van der Waals surface area contributed by atoms with E-state index in [0.29, 0.717) is 26.1 Å². The second kappa shape index (κ2) is 5.51. The molecule has 20 heavy (non-hydrogen) atoms. The number of sulfone groups is 1.